The maximum Gasteiger partial charge on any atom is 0.335 e. The van der Waals surface area contributed by atoms with Gasteiger partial charge in [0.05, 0.1) is 22.8 Å². The number of halogens is 5. The Bertz CT molecular complexity index is 1470. The Morgan fingerprint density at radius 3 is 2.65 bits per heavy atom. The van der Waals surface area contributed by atoms with Crippen LogP contribution < -0.4 is 5.32 Å². The molecule has 0 unspecified atom stereocenters. The number of fused-ring (bicyclic) bond motifs is 1. The van der Waals surface area contributed by atoms with Crippen LogP contribution in [0.4, 0.5) is 22.0 Å². The van der Waals surface area contributed by atoms with Gasteiger partial charge < -0.3 is 10.3 Å². The molecule has 0 atom stereocenters. The molecular weight excluding hydrogens is 461 g/mol. The predicted octanol–water partition coefficient (Wildman–Crippen LogP) is 4.33. The number of hydrogen-bond donors (Lipinski definition) is 2. The molecule has 0 saturated heterocycles. The summed E-state index contributed by atoms with van der Waals surface area (Å²) < 4.78 is 68.5. The third kappa shape index (κ3) is 3.94. The highest BCUT2D eigenvalue weighted by Crippen LogP contribution is 2.34. The van der Waals surface area contributed by atoms with Crippen LogP contribution in [-0.2, 0) is 0 Å². The van der Waals surface area contributed by atoms with Crippen LogP contribution >= 0.6 is 0 Å². The molecule has 0 aromatic carbocycles. The van der Waals surface area contributed by atoms with Gasteiger partial charge in [-0.3, -0.25) is 4.79 Å². The van der Waals surface area contributed by atoms with E-state index in [0.717, 1.165) is 0 Å². The van der Waals surface area contributed by atoms with E-state index in [2.05, 4.69) is 25.4 Å². The standard InChI is InChI=1S/C21H14F5N7O/c1-21(2,8-27)31-19(34)12-5-3-4-11(29-12)9-6-10-14(22)15(30-18(10)28-7-9)13-16(23)32-33(17(13)24)20(25)26/h3-7,20H,1-2H3,(H,28,30)(H,31,34). The maximum atomic E-state index is 15.1. The summed E-state index contributed by atoms with van der Waals surface area (Å²) >= 11 is 0. The molecule has 0 aliphatic rings. The van der Waals surface area contributed by atoms with Crippen LogP contribution in [0.1, 0.15) is 30.9 Å². The predicted molar refractivity (Wildman–Crippen MR) is 109 cm³/mol. The van der Waals surface area contributed by atoms with Gasteiger partial charge in [0, 0.05) is 11.8 Å². The van der Waals surface area contributed by atoms with Crippen molar-refractivity contribution in [1.82, 2.24) is 30.0 Å². The summed E-state index contributed by atoms with van der Waals surface area (Å²) in [6.07, 6.45) is 1.28. The molecule has 174 valence electrons. The monoisotopic (exact) mass is 475 g/mol. The van der Waals surface area contributed by atoms with E-state index in [1.807, 2.05) is 6.07 Å². The van der Waals surface area contributed by atoms with Gasteiger partial charge in [-0.05, 0) is 32.0 Å². The van der Waals surface area contributed by atoms with Crippen LogP contribution in [0.25, 0.3) is 33.5 Å². The highest BCUT2D eigenvalue weighted by molar-refractivity contribution is 5.94. The molecule has 0 bridgehead atoms. The van der Waals surface area contributed by atoms with Crippen molar-refractivity contribution in [2.75, 3.05) is 0 Å². The number of pyridine rings is 2. The number of H-pyrrole nitrogens is 1. The van der Waals surface area contributed by atoms with Gasteiger partial charge in [0.1, 0.15) is 22.4 Å². The zero-order valence-corrected chi connectivity index (χ0v) is 17.5. The first-order valence-corrected chi connectivity index (χ1v) is 9.63. The van der Waals surface area contributed by atoms with E-state index in [9.17, 15) is 22.4 Å². The van der Waals surface area contributed by atoms with Gasteiger partial charge in [-0.2, -0.15) is 27.5 Å². The van der Waals surface area contributed by atoms with E-state index in [-0.39, 0.29) is 28.0 Å². The van der Waals surface area contributed by atoms with E-state index < -0.39 is 51.6 Å². The molecule has 0 spiro atoms. The largest absolute Gasteiger partial charge is 0.336 e. The van der Waals surface area contributed by atoms with Crippen LogP contribution in [0.3, 0.4) is 0 Å². The molecule has 0 saturated carbocycles. The zero-order chi connectivity index (χ0) is 24.8. The summed E-state index contributed by atoms with van der Waals surface area (Å²) in [7, 11) is 0. The van der Waals surface area contributed by atoms with Gasteiger partial charge in [-0.25, -0.2) is 14.4 Å². The zero-order valence-electron chi connectivity index (χ0n) is 17.5. The van der Waals surface area contributed by atoms with Gasteiger partial charge in [-0.15, -0.1) is 5.10 Å². The smallest absolute Gasteiger partial charge is 0.335 e. The number of carbonyl (C=O) groups excluding carboxylic acids is 1. The van der Waals surface area contributed by atoms with Crippen molar-refractivity contribution in [3.05, 3.63) is 53.9 Å². The van der Waals surface area contributed by atoms with Crippen molar-refractivity contribution in [1.29, 1.82) is 5.26 Å². The highest BCUT2D eigenvalue weighted by Gasteiger charge is 2.29. The minimum Gasteiger partial charge on any atom is -0.336 e. The number of alkyl halides is 2. The minimum absolute atomic E-state index is 0.0142. The molecular formula is C21H14F5N7O. The summed E-state index contributed by atoms with van der Waals surface area (Å²) in [5.41, 5.74) is -2.60. The van der Waals surface area contributed by atoms with E-state index in [4.69, 9.17) is 5.26 Å². The minimum atomic E-state index is -3.46. The Morgan fingerprint density at radius 1 is 1.26 bits per heavy atom. The number of nitrogens with one attached hydrogen (secondary N) is 2. The van der Waals surface area contributed by atoms with E-state index in [0.29, 0.717) is 0 Å². The highest BCUT2D eigenvalue weighted by atomic mass is 19.3. The number of carbonyl (C=O) groups is 1. The number of rotatable bonds is 5. The molecule has 4 rings (SSSR count). The molecule has 0 radical (unpaired) electrons. The Kier molecular flexibility index (Phi) is 5.52. The summed E-state index contributed by atoms with van der Waals surface area (Å²) in [6, 6.07) is 7.66. The lowest BCUT2D eigenvalue weighted by Gasteiger charge is -2.17. The van der Waals surface area contributed by atoms with Crippen molar-refractivity contribution in [3.8, 4) is 28.6 Å². The van der Waals surface area contributed by atoms with Crippen molar-refractivity contribution in [2.24, 2.45) is 0 Å². The molecule has 13 heteroatoms. The van der Waals surface area contributed by atoms with E-state index >= 15 is 4.39 Å². The van der Waals surface area contributed by atoms with Gasteiger partial charge in [-0.1, -0.05) is 6.07 Å². The molecule has 8 nitrogen and oxygen atoms in total. The number of nitrogens with zero attached hydrogens (tertiary/aromatic N) is 5. The van der Waals surface area contributed by atoms with Crippen molar-refractivity contribution in [2.45, 2.75) is 25.9 Å². The fourth-order valence-electron chi connectivity index (χ4n) is 3.17. The normalized spacial score (nSPS) is 11.7. The molecule has 2 N–H and O–H groups in total. The van der Waals surface area contributed by atoms with E-state index in [1.54, 1.807) is 0 Å². The number of hydrogen-bond acceptors (Lipinski definition) is 5. The Labute approximate surface area is 188 Å². The van der Waals surface area contributed by atoms with Crippen molar-refractivity contribution >= 4 is 16.9 Å². The Balaban J connectivity index is 1.75. The number of nitriles is 1. The average Bonchev–Trinajstić information content (AvgIpc) is 3.28. The fraction of sp³-hybridized carbons (Fsp3) is 0.190. The maximum absolute atomic E-state index is 15.1. The van der Waals surface area contributed by atoms with Gasteiger partial charge >= 0.3 is 6.55 Å². The second-order valence-electron chi connectivity index (χ2n) is 7.71. The first kappa shape index (κ1) is 22.8. The van der Waals surface area contributed by atoms with Gasteiger partial charge in [0.2, 0.25) is 11.9 Å². The number of aromatic amines is 1. The second kappa shape index (κ2) is 8.22. The summed E-state index contributed by atoms with van der Waals surface area (Å²) in [5.74, 6) is -5.12. The van der Waals surface area contributed by atoms with E-state index in [1.165, 1.54) is 44.3 Å². The van der Waals surface area contributed by atoms with Crippen molar-refractivity contribution in [3.63, 3.8) is 0 Å². The molecule has 34 heavy (non-hydrogen) atoms. The Hall–Kier alpha value is -4.34. The molecule has 4 aromatic heterocycles. The van der Waals surface area contributed by atoms with Crippen LogP contribution in [0.2, 0.25) is 0 Å². The quantitative estimate of drug-likeness (QED) is 0.417. The van der Waals surface area contributed by atoms with Crippen LogP contribution in [0.15, 0.2) is 30.5 Å². The molecule has 4 heterocycles. The number of amides is 1. The third-order valence-electron chi connectivity index (χ3n) is 4.81. The van der Waals surface area contributed by atoms with Crippen molar-refractivity contribution < 1.29 is 26.7 Å². The second-order valence-corrected chi connectivity index (χ2v) is 7.71. The molecule has 0 aliphatic heterocycles. The molecule has 1 amide bonds. The summed E-state index contributed by atoms with van der Waals surface area (Å²) in [4.78, 5) is 23.0. The molecule has 0 aliphatic carbocycles. The summed E-state index contributed by atoms with van der Waals surface area (Å²) in [5, 5.41) is 14.2. The van der Waals surface area contributed by atoms with Gasteiger partial charge in [0.25, 0.3) is 5.91 Å². The average molecular weight is 475 g/mol. The lowest BCUT2D eigenvalue weighted by atomic mass is 10.1. The lowest BCUT2D eigenvalue weighted by molar-refractivity contribution is 0.0425. The molecule has 4 aromatic rings. The topological polar surface area (TPSA) is 112 Å². The van der Waals surface area contributed by atoms with Crippen LogP contribution in [0.5, 0.6) is 0 Å². The number of aromatic nitrogens is 5. The fourth-order valence-corrected chi connectivity index (χ4v) is 3.17. The third-order valence-corrected chi connectivity index (χ3v) is 4.81. The van der Waals surface area contributed by atoms with Crippen LogP contribution in [0, 0.1) is 29.0 Å². The first-order valence-electron chi connectivity index (χ1n) is 9.63. The summed E-state index contributed by atoms with van der Waals surface area (Å²) in [6.45, 7) is -0.444. The molecule has 0 fully saturated rings. The van der Waals surface area contributed by atoms with Crippen LogP contribution in [-0.4, -0.2) is 36.2 Å². The Morgan fingerprint density at radius 2 is 2.00 bits per heavy atom. The first-order chi connectivity index (χ1) is 16.0. The SMILES string of the molecule is CC(C)(C#N)NC(=O)c1cccc(-c2cnc3[nH]c(-c4c(F)nn(C(F)F)c4F)c(F)c3c2)n1. The van der Waals surface area contributed by atoms with Gasteiger partial charge in [0.15, 0.2) is 5.82 Å². The lowest BCUT2D eigenvalue weighted by Crippen LogP contribution is -2.42.